The Balaban J connectivity index is 1.58. The highest BCUT2D eigenvalue weighted by Crippen LogP contribution is 2.24. The van der Waals surface area contributed by atoms with Crippen molar-refractivity contribution in [3.8, 4) is 0 Å². The number of rotatable bonds is 6. The minimum Gasteiger partial charge on any atom is -0.332 e. The summed E-state index contributed by atoms with van der Waals surface area (Å²) in [5.41, 5.74) is 2.01. The number of likely N-dealkylation sites (N-methyl/N-ethyl adjacent to an activating group) is 1. The van der Waals surface area contributed by atoms with Gasteiger partial charge in [-0.25, -0.2) is 0 Å². The first-order chi connectivity index (χ1) is 13.4. The molecule has 2 aromatic carbocycles. The van der Waals surface area contributed by atoms with Crippen LogP contribution in [-0.2, 0) is 11.3 Å². The predicted octanol–water partition coefficient (Wildman–Crippen LogP) is 3.95. The number of aromatic nitrogens is 2. The van der Waals surface area contributed by atoms with E-state index < -0.39 is 0 Å². The molecule has 0 bridgehead atoms. The second kappa shape index (κ2) is 8.91. The number of benzene rings is 2. The summed E-state index contributed by atoms with van der Waals surface area (Å²) in [5.74, 6) is -0.630. The fourth-order valence-electron chi connectivity index (χ4n) is 2.61. The van der Waals surface area contributed by atoms with Crippen molar-refractivity contribution in [3.05, 3.63) is 82.1 Å². The Morgan fingerprint density at radius 3 is 2.57 bits per heavy atom. The molecule has 0 fully saturated rings. The maximum Gasteiger partial charge on any atom is 0.257 e. The summed E-state index contributed by atoms with van der Waals surface area (Å²) in [6, 6.07) is 14.6. The second-order valence-electron chi connectivity index (χ2n) is 6.25. The molecule has 8 heteroatoms. The normalized spacial score (nSPS) is 10.5. The van der Waals surface area contributed by atoms with Crippen LogP contribution in [0.25, 0.3) is 0 Å². The average molecular weight is 417 g/mol. The van der Waals surface area contributed by atoms with Gasteiger partial charge in [-0.3, -0.25) is 14.3 Å². The van der Waals surface area contributed by atoms with Gasteiger partial charge >= 0.3 is 0 Å². The second-order valence-corrected chi connectivity index (χ2v) is 7.06. The lowest BCUT2D eigenvalue weighted by atomic mass is 10.2. The van der Waals surface area contributed by atoms with Crippen molar-refractivity contribution >= 4 is 40.7 Å². The van der Waals surface area contributed by atoms with Crippen molar-refractivity contribution in [3.63, 3.8) is 0 Å². The highest BCUT2D eigenvalue weighted by molar-refractivity contribution is 6.42. The molecule has 3 aromatic rings. The van der Waals surface area contributed by atoms with Gasteiger partial charge < -0.3 is 10.2 Å². The van der Waals surface area contributed by atoms with Gasteiger partial charge in [-0.1, -0.05) is 53.5 Å². The van der Waals surface area contributed by atoms with Crippen LogP contribution in [0, 0.1) is 0 Å². The van der Waals surface area contributed by atoms with Gasteiger partial charge in [0.05, 0.1) is 34.9 Å². The third kappa shape index (κ3) is 5.12. The number of hydrogen-bond donors (Lipinski definition) is 1. The number of hydrogen-bond acceptors (Lipinski definition) is 3. The Morgan fingerprint density at radius 2 is 1.86 bits per heavy atom. The fraction of sp³-hybridized carbons (Fsp3) is 0.150. The Hall–Kier alpha value is -2.83. The smallest absolute Gasteiger partial charge is 0.257 e. The van der Waals surface area contributed by atoms with Crippen LogP contribution in [0.5, 0.6) is 0 Å². The number of nitrogens with one attached hydrogen (secondary N) is 1. The molecule has 0 spiro atoms. The van der Waals surface area contributed by atoms with Crippen molar-refractivity contribution in [2.24, 2.45) is 0 Å². The molecule has 0 aliphatic carbocycles. The molecule has 0 saturated carbocycles. The average Bonchev–Trinajstić information content (AvgIpc) is 3.13. The Bertz CT molecular complexity index is 989. The van der Waals surface area contributed by atoms with Crippen LogP contribution in [0.3, 0.4) is 0 Å². The van der Waals surface area contributed by atoms with Crippen molar-refractivity contribution < 1.29 is 9.59 Å². The monoisotopic (exact) mass is 416 g/mol. The standard InChI is InChI=1S/C20H18Cl2N4O2/c1-25(13-19(27)24-16-7-8-17(21)18(22)9-16)20(28)15-10-23-26(12-15)11-14-5-3-2-4-6-14/h2-10,12H,11,13H2,1H3,(H,24,27). The van der Waals surface area contributed by atoms with Gasteiger partial charge in [0.1, 0.15) is 0 Å². The topological polar surface area (TPSA) is 67.2 Å². The highest BCUT2D eigenvalue weighted by Gasteiger charge is 2.17. The van der Waals surface area contributed by atoms with E-state index in [-0.39, 0.29) is 18.4 Å². The van der Waals surface area contributed by atoms with Crippen LogP contribution in [0.2, 0.25) is 10.0 Å². The first kappa shape index (κ1) is 19.9. The molecule has 28 heavy (non-hydrogen) atoms. The van der Waals surface area contributed by atoms with Crippen molar-refractivity contribution in [1.82, 2.24) is 14.7 Å². The first-order valence-corrected chi connectivity index (χ1v) is 9.24. The number of nitrogens with zero attached hydrogens (tertiary/aromatic N) is 3. The number of anilines is 1. The molecule has 6 nitrogen and oxygen atoms in total. The molecular weight excluding hydrogens is 399 g/mol. The third-order valence-electron chi connectivity index (χ3n) is 4.00. The van der Waals surface area contributed by atoms with Crippen LogP contribution in [-0.4, -0.2) is 40.1 Å². The van der Waals surface area contributed by atoms with E-state index in [1.165, 1.54) is 11.1 Å². The Labute approximate surface area is 172 Å². The molecule has 1 N–H and O–H groups in total. The summed E-state index contributed by atoms with van der Waals surface area (Å²) < 4.78 is 1.69. The van der Waals surface area contributed by atoms with Crippen molar-refractivity contribution in [1.29, 1.82) is 0 Å². The van der Waals surface area contributed by atoms with Gasteiger partial charge in [-0.15, -0.1) is 0 Å². The molecule has 0 radical (unpaired) electrons. The summed E-state index contributed by atoms with van der Waals surface area (Å²) in [4.78, 5) is 26.1. The summed E-state index contributed by atoms with van der Waals surface area (Å²) in [6.07, 6.45) is 3.17. The zero-order chi connectivity index (χ0) is 20.1. The number of amides is 2. The summed E-state index contributed by atoms with van der Waals surface area (Å²) >= 11 is 11.8. The van der Waals surface area contributed by atoms with Crippen LogP contribution in [0.15, 0.2) is 60.9 Å². The molecule has 0 saturated heterocycles. The van der Waals surface area contributed by atoms with E-state index in [1.54, 1.807) is 36.1 Å². The molecule has 0 aliphatic rings. The van der Waals surface area contributed by atoms with Crippen LogP contribution < -0.4 is 5.32 Å². The van der Waals surface area contributed by atoms with Crippen molar-refractivity contribution in [2.45, 2.75) is 6.54 Å². The zero-order valence-corrected chi connectivity index (χ0v) is 16.6. The van der Waals surface area contributed by atoms with E-state index in [1.807, 2.05) is 30.3 Å². The first-order valence-electron chi connectivity index (χ1n) is 8.49. The number of halogens is 2. The minimum absolute atomic E-state index is 0.108. The maximum atomic E-state index is 12.6. The van der Waals surface area contributed by atoms with E-state index in [9.17, 15) is 9.59 Å². The van der Waals surface area contributed by atoms with Gasteiger partial charge in [0.2, 0.25) is 5.91 Å². The lowest BCUT2D eigenvalue weighted by Gasteiger charge is -2.16. The molecule has 1 heterocycles. The predicted molar refractivity (Wildman–Crippen MR) is 110 cm³/mol. The van der Waals surface area contributed by atoms with E-state index in [2.05, 4.69) is 10.4 Å². The zero-order valence-electron chi connectivity index (χ0n) is 15.1. The van der Waals surface area contributed by atoms with Crippen LogP contribution >= 0.6 is 23.2 Å². The summed E-state index contributed by atoms with van der Waals surface area (Å²) in [5, 5.41) is 7.65. The third-order valence-corrected chi connectivity index (χ3v) is 4.74. The van der Waals surface area contributed by atoms with Gasteiger partial charge in [-0.2, -0.15) is 5.10 Å². The quantitative estimate of drug-likeness (QED) is 0.661. The largest absolute Gasteiger partial charge is 0.332 e. The highest BCUT2D eigenvalue weighted by atomic mass is 35.5. The van der Waals surface area contributed by atoms with E-state index in [4.69, 9.17) is 23.2 Å². The summed E-state index contributed by atoms with van der Waals surface area (Å²) in [7, 11) is 1.56. The Morgan fingerprint density at radius 1 is 1.11 bits per heavy atom. The van der Waals surface area contributed by atoms with Gasteiger partial charge in [0.25, 0.3) is 5.91 Å². The number of carbonyl (C=O) groups excluding carboxylic acids is 2. The molecule has 0 atom stereocenters. The SMILES string of the molecule is CN(CC(=O)Nc1ccc(Cl)c(Cl)c1)C(=O)c1cnn(Cc2ccccc2)c1. The molecule has 0 aliphatic heterocycles. The van der Waals surface area contributed by atoms with Crippen LogP contribution in [0.4, 0.5) is 5.69 Å². The molecule has 1 aromatic heterocycles. The van der Waals surface area contributed by atoms with Crippen LogP contribution in [0.1, 0.15) is 15.9 Å². The summed E-state index contributed by atoms with van der Waals surface area (Å²) in [6.45, 7) is 0.457. The van der Waals surface area contributed by atoms with E-state index in [0.29, 0.717) is 27.8 Å². The van der Waals surface area contributed by atoms with E-state index in [0.717, 1.165) is 5.56 Å². The molecule has 0 unspecified atom stereocenters. The molecule has 3 rings (SSSR count). The fourth-order valence-corrected chi connectivity index (χ4v) is 2.91. The van der Waals surface area contributed by atoms with Crippen molar-refractivity contribution in [2.75, 3.05) is 18.9 Å². The molecule has 144 valence electrons. The maximum absolute atomic E-state index is 12.6. The van der Waals surface area contributed by atoms with Gasteiger partial charge in [0.15, 0.2) is 0 Å². The molecule has 2 amide bonds. The number of carbonyl (C=O) groups is 2. The van der Waals surface area contributed by atoms with E-state index >= 15 is 0 Å². The Kier molecular flexibility index (Phi) is 6.34. The molecular formula is C20H18Cl2N4O2. The minimum atomic E-state index is -0.342. The lowest BCUT2D eigenvalue weighted by Crippen LogP contribution is -2.34. The van der Waals surface area contributed by atoms with Gasteiger partial charge in [0, 0.05) is 18.9 Å². The van der Waals surface area contributed by atoms with Gasteiger partial charge in [-0.05, 0) is 23.8 Å². The lowest BCUT2D eigenvalue weighted by molar-refractivity contribution is -0.116.